The Labute approximate surface area is 122 Å². The summed E-state index contributed by atoms with van der Waals surface area (Å²) in [4.78, 5) is 5.99. The molecule has 0 spiro atoms. The van der Waals surface area contributed by atoms with E-state index in [0.717, 1.165) is 28.1 Å². The third kappa shape index (κ3) is 3.03. The lowest BCUT2D eigenvalue weighted by Crippen LogP contribution is -2.42. The van der Waals surface area contributed by atoms with Gasteiger partial charge in [-0.15, -0.1) is 11.3 Å². The average molecular weight is 303 g/mol. The van der Waals surface area contributed by atoms with E-state index in [0.29, 0.717) is 0 Å². The van der Waals surface area contributed by atoms with Crippen LogP contribution in [-0.2, 0) is 0 Å². The summed E-state index contributed by atoms with van der Waals surface area (Å²) in [5, 5.41) is 4.68. The molecule has 1 saturated heterocycles. The number of aliphatic imine (C=N–C) groups is 1. The molecule has 100 valence electrons. The van der Waals surface area contributed by atoms with Gasteiger partial charge in [0.05, 0.1) is 10.4 Å². The molecule has 0 aliphatic carbocycles. The van der Waals surface area contributed by atoms with Gasteiger partial charge in [-0.2, -0.15) is 0 Å². The number of halogens is 1. The zero-order chi connectivity index (χ0) is 13.2. The predicted octanol–water partition coefficient (Wildman–Crippen LogP) is 4.71. The molecule has 2 heterocycles. The molecular weight excluding hydrogens is 284 g/mol. The summed E-state index contributed by atoms with van der Waals surface area (Å²) in [5.74, 6) is 1.12. The number of thiophene rings is 1. The fourth-order valence-electron chi connectivity index (χ4n) is 2.00. The van der Waals surface area contributed by atoms with Crippen molar-refractivity contribution >= 4 is 39.9 Å². The van der Waals surface area contributed by atoms with E-state index < -0.39 is 0 Å². The van der Waals surface area contributed by atoms with Crippen molar-refractivity contribution in [3.05, 3.63) is 21.3 Å². The van der Waals surface area contributed by atoms with Gasteiger partial charge in [0.25, 0.3) is 0 Å². The summed E-state index contributed by atoms with van der Waals surface area (Å²) in [6.07, 6.45) is 2.30. The minimum absolute atomic E-state index is 0.182. The summed E-state index contributed by atoms with van der Waals surface area (Å²) in [5.41, 5.74) is 0.246. The van der Waals surface area contributed by atoms with E-state index in [1.807, 2.05) is 17.8 Å². The molecule has 0 aromatic carbocycles. The minimum atomic E-state index is 0.182. The molecule has 0 saturated carbocycles. The van der Waals surface area contributed by atoms with Crippen LogP contribution in [-0.4, -0.2) is 16.5 Å². The second-order valence-electron chi connectivity index (χ2n) is 4.65. The number of hydrogen-bond donors (Lipinski definition) is 1. The van der Waals surface area contributed by atoms with Crippen LogP contribution < -0.4 is 5.32 Å². The maximum absolute atomic E-state index is 5.96. The van der Waals surface area contributed by atoms with E-state index in [1.54, 1.807) is 11.3 Å². The van der Waals surface area contributed by atoms with E-state index >= 15 is 0 Å². The number of rotatable bonds is 4. The second kappa shape index (κ2) is 5.85. The normalized spacial score (nSPS) is 22.1. The van der Waals surface area contributed by atoms with Crippen LogP contribution >= 0.6 is 34.7 Å². The molecule has 1 unspecified atom stereocenters. The zero-order valence-corrected chi connectivity index (χ0v) is 13.4. The average Bonchev–Trinajstić information content (AvgIpc) is 2.96. The molecule has 5 heteroatoms. The topological polar surface area (TPSA) is 24.4 Å². The van der Waals surface area contributed by atoms with Crippen molar-refractivity contribution in [2.45, 2.75) is 45.2 Å². The highest BCUT2D eigenvalue weighted by Gasteiger charge is 2.33. The van der Waals surface area contributed by atoms with Crippen LogP contribution in [0, 0.1) is 0 Å². The van der Waals surface area contributed by atoms with Gasteiger partial charge in [0, 0.05) is 16.2 Å². The smallest absolute Gasteiger partial charge is 0.157 e. The van der Waals surface area contributed by atoms with Crippen molar-refractivity contribution in [3.63, 3.8) is 0 Å². The van der Waals surface area contributed by atoms with Crippen LogP contribution in [0.15, 0.2) is 17.1 Å². The van der Waals surface area contributed by atoms with Crippen molar-refractivity contribution in [2.24, 2.45) is 4.99 Å². The molecule has 1 N–H and O–H groups in total. The Morgan fingerprint density at radius 1 is 1.44 bits per heavy atom. The first-order chi connectivity index (χ1) is 8.58. The molecule has 0 bridgehead atoms. The summed E-state index contributed by atoms with van der Waals surface area (Å²) >= 11 is 9.41. The van der Waals surface area contributed by atoms with Gasteiger partial charge in [0.1, 0.15) is 0 Å². The highest BCUT2D eigenvalue weighted by atomic mass is 35.5. The Morgan fingerprint density at radius 2 is 2.17 bits per heavy atom. The summed E-state index contributed by atoms with van der Waals surface area (Å²) in [7, 11) is 0. The summed E-state index contributed by atoms with van der Waals surface area (Å²) in [6, 6.07) is 4.19. The van der Waals surface area contributed by atoms with Gasteiger partial charge in [-0.1, -0.05) is 37.2 Å². The lowest BCUT2D eigenvalue weighted by molar-refractivity contribution is 0.407. The molecule has 1 fully saturated rings. The molecule has 1 atom stereocenters. The van der Waals surface area contributed by atoms with Crippen LogP contribution in [0.25, 0.3) is 0 Å². The second-order valence-corrected chi connectivity index (χ2v) is 7.36. The predicted molar refractivity (Wildman–Crippen MR) is 84.1 cm³/mol. The Morgan fingerprint density at radius 3 is 2.67 bits per heavy atom. The Bertz CT molecular complexity index is 438. The molecular formula is C13H19ClN2S2. The Kier molecular flexibility index (Phi) is 4.62. The van der Waals surface area contributed by atoms with Gasteiger partial charge in [-0.3, -0.25) is 4.99 Å². The van der Waals surface area contributed by atoms with Gasteiger partial charge in [0.2, 0.25) is 0 Å². The first kappa shape index (κ1) is 14.2. The summed E-state index contributed by atoms with van der Waals surface area (Å²) < 4.78 is 0.834. The lowest BCUT2D eigenvalue weighted by Gasteiger charge is -2.25. The van der Waals surface area contributed by atoms with Crippen molar-refractivity contribution in [3.8, 4) is 0 Å². The van der Waals surface area contributed by atoms with Crippen molar-refractivity contribution in [1.29, 1.82) is 0 Å². The van der Waals surface area contributed by atoms with Crippen molar-refractivity contribution in [1.82, 2.24) is 5.32 Å². The lowest BCUT2D eigenvalue weighted by atomic mass is 9.96. The van der Waals surface area contributed by atoms with E-state index in [-0.39, 0.29) is 11.6 Å². The molecule has 1 aliphatic rings. The molecule has 0 amide bonds. The van der Waals surface area contributed by atoms with Crippen LogP contribution in [0.3, 0.4) is 0 Å². The maximum atomic E-state index is 5.96. The van der Waals surface area contributed by atoms with Gasteiger partial charge in [-0.05, 0) is 31.9 Å². The maximum Gasteiger partial charge on any atom is 0.157 e. The van der Waals surface area contributed by atoms with E-state index in [2.05, 4.69) is 32.2 Å². The van der Waals surface area contributed by atoms with Crippen LogP contribution in [0.1, 0.15) is 44.5 Å². The molecule has 2 rings (SSSR count). The highest BCUT2D eigenvalue weighted by molar-refractivity contribution is 8.14. The van der Waals surface area contributed by atoms with Crippen molar-refractivity contribution < 1.29 is 0 Å². The number of amidine groups is 1. The third-order valence-electron chi connectivity index (χ3n) is 3.53. The SMILES string of the molecule is CCC1(CC)CSC(=NC(C)c2ccc(Cl)s2)N1. The molecule has 2 nitrogen and oxygen atoms in total. The summed E-state index contributed by atoms with van der Waals surface area (Å²) in [6.45, 7) is 6.60. The van der Waals surface area contributed by atoms with Crippen LogP contribution in [0.4, 0.5) is 0 Å². The molecule has 1 aromatic rings. The van der Waals surface area contributed by atoms with Crippen LogP contribution in [0.2, 0.25) is 4.34 Å². The number of nitrogens with zero attached hydrogens (tertiary/aromatic N) is 1. The van der Waals surface area contributed by atoms with Crippen LogP contribution in [0.5, 0.6) is 0 Å². The van der Waals surface area contributed by atoms with Gasteiger partial charge in [-0.25, -0.2) is 0 Å². The van der Waals surface area contributed by atoms with E-state index in [9.17, 15) is 0 Å². The van der Waals surface area contributed by atoms with E-state index in [1.165, 1.54) is 4.88 Å². The van der Waals surface area contributed by atoms with Gasteiger partial charge >= 0.3 is 0 Å². The number of nitrogens with one attached hydrogen (secondary N) is 1. The fraction of sp³-hybridized carbons (Fsp3) is 0.615. The van der Waals surface area contributed by atoms with Gasteiger partial charge in [0.15, 0.2) is 5.17 Å². The quantitative estimate of drug-likeness (QED) is 0.871. The third-order valence-corrected chi connectivity index (χ3v) is 6.11. The highest BCUT2D eigenvalue weighted by Crippen LogP contribution is 2.33. The Hall–Kier alpha value is -0.190. The number of thioether (sulfide) groups is 1. The first-order valence-electron chi connectivity index (χ1n) is 6.32. The Balaban J connectivity index is 2.07. The molecule has 1 aliphatic heterocycles. The molecule has 18 heavy (non-hydrogen) atoms. The van der Waals surface area contributed by atoms with Crippen molar-refractivity contribution in [2.75, 3.05) is 5.75 Å². The molecule has 0 radical (unpaired) electrons. The zero-order valence-electron chi connectivity index (χ0n) is 11.0. The molecule has 1 aromatic heterocycles. The standard InChI is InChI=1S/C13H19ClN2S2/c1-4-13(5-2)8-17-12(16-13)15-9(3)10-6-7-11(14)18-10/h6-7,9H,4-5,8H2,1-3H3,(H,15,16). The number of hydrogen-bond acceptors (Lipinski definition) is 3. The van der Waals surface area contributed by atoms with E-state index in [4.69, 9.17) is 16.6 Å². The van der Waals surface area contributed by atoms with Gasteiger partial charge < -0.3 is 5.32 Å². The monoisotopic (exact) mass is 302 g/mol. The largest absolute Gasteiger partial charge is 0.359 e. The fourth-order valence-corrected chi connectivity index (χ4v) is 4.46. The minimum Gasteiger partial charge on any atom is -0.359 e. The first-order valence-corrected chi connectivity index (χ1v) is 8.50.